The summed E-state index contributed by atoms with van der Waals surface area (Å²) in [5, 5.41) is 8.59. The summed E-state index contributed by atoms with van der Waals surface area (Å²) < 4.78 is 12.0. The van der Waals surface area contributed by atoms with Gasteiger partial charge in [0.05, 0.1) is 0 Å². The number of hydrogen-bond acceptors (Lipinski definition) is 1. The molecule has 0 aliphatic carbocycles. The molecule has 1 rings (SSSR count). The van der Waals surface area contributed by atoms with E-state index >= 15 is 0 Å². The first-order valence-corrected chi connectivity index (χ1v) is 2.57. The van der Waals surface area contributed by atoms with Gasteiger partial charge in [0.2, 0.25) is 0 Å². The van der Waals surface area contributed by atoms with Gasteiger partial charge < -0.3 is 5.11 Å². The Balaban J connectivity index is 0.000000371. The minimum absolute atomic E-state index is 0.0893. The quantitative estimate of drug-likeness (QED) is 0.542. The second-order valence-corrected chi connectivity index (χ2v) is 1.48. The third-order valence-electron chi connectivity index (χ3n) is 0.827. The second kappa shape index (κ2) is 4.39. The van der Waals surface area contributed by atoms with Crippen LogP contribution in [0.4, 0.5) is 4.39 Å². The molecule has 0 fully saturated rings. The molecule has 0 bridgehead atoms. The van der Waals surface area contributed by atoms with Crippen molar-refractivity contribution in [2.75, 3.05) is 0 Å². The van der Waals surface area contributed by atoms with E-state index in [2.05, 4.69) is 12.8 Å². The van der Waals surface area contributed by atoms with Crippen LogP contribution in [0.15, 0.2) is 24.3 Å². The molecule has 0 amide bonds. The molecular weight excluding hydrogens is 131 g/mol. The molecule has 0 radical (unpaired) electrons. The highest BCUT2D eigenvalue weighted by Crippen LogP contribution is 2.06. The zero-order valence-corrected chi connectivity index (χ0v) is 5.29. The number of phenols is 1. The predicted molar refractivity (Wildman–Crippen MR) is 38.0 cm³/mol. The molecule has 2 heteroatoms. The van der Waals surface area contributed by atoms with E-state index in [0.29, 0.717) is 0 Å². The molecule has 1 nitrogen and oxygen atoms in total. The zero-order chi connectivity index (χ0) is 7.98. The van der Waals surface area contributed by atoms with E-state index in [-0.39, 0.29) is 11.6 Å². The summed E-state index contributed by atoms with van der Waals surface area (Å²) >= 11 is 0. The maximum Gasteiger partial charge on any atom is 0.123 e. The van der Waals surface area contributed by atoms with Crippen LogP contribution in [0.1, 0.15) is 0 Å². The summed E-state index contributed by atoms with van der Waals surface area (Å²) in [6, 6.07) is 5.01. The molecule has 0 spiro atoms. The third-order valence-corrected chi connectivity index (χ3v) is 0.827. The maximum absolute atomic E-state index is 12.0. The van der Waals surface area contributed by atoms with E-state index in [1.807, 2.05) is 0 Å². The summed E-state index contributed by atoms with van der Waals surface area (Å²) in [5.74, 6) is -0.241. The van der Waals surface area contributed by atoms with E-state index in [0.717, 1.165) is 0 Å². The Morgan fingerprint density at radius 1 is 1.10 bits per heavy atom. The fourth-order valence-corrected chi connectivity index (χ4v) is 0.441. The lowest BCUT2D eigenvalue weighted by Gasteiger charge is -1.86. The molecular formula is C8H7FO. The highest BCUT2D eigenvalue weighted by Gasteiger charge is 1.85. The van der Waals surface area contributed by atoms with Crippen LogP contribution >= 0.6 is 0 Å². The molecule has 1 aromatic rings. The van der Waals surface area contributed by atoms with Gasteiger partial charge in [0.1, 0.15) is 11.6 Å². The summed E-state index contributed by atoms with van der Waals surface area (Å²) in [6.45, 7) is 0. The standard InChI is InChI=1S/C6H5FO.C2H2/c7-5-1-3-6(8)4-2-5;1-2/h1-4,8H;1-2H. The Bertz CT molecular complexity index is 179. The SMILES string of the molecule is C#C.Oc1ccc(F)cc1. The Labute approximate surface area is 59.1 Å². The molecule has 0 heterocycles. The van der Waals surface area contributed by atoms with Crippen LogP contribution < -0.4 is 0 Å². The fraction of sp³-hybridized carbons (Fsp3) is 0. The van der Waals surface area contributed by atoms with E-state index in [9.17, 15) is 4.39 Å². The van der Waals surface area contributed by atoms with Crippen LogP contribution in [-0.2, 0) is 0 Å². The van der Waals surface area contributed by atoms with Crippen LogP contribution in [0.2, 0.25) is 0 Å². The molecule has 0 saturated carbocycles. The lowest BCUT2D eigenvalue weighted by molar-refractivity contribution is 0.473. The van der Waals surface area contributed by atoms with Crippen molar-refractivity contribution in [2.45, 2.75) is 0 Å². The van der Waals surface area contributed by atoms with E-state index in [4.69, 9.17) is 5.11 Å². The first-order valence-electron chi connectivity index (χ1n) is 2.57. The van der Waals surface area contributed by atoms with Crippen molar-refractivity contribution < 1.29 is 9.50 Å². The van der Waals surface area contributed by atoms with Crippen molar-refractivity contribution >= 4 is 0 Å². The Kier molecular flexibility index (Phi) is 3.74. The number of terminal acetylenes is 1. The molecule has 10 heavy (non-hydrogen) atoms. The topological polar surface area (TPSA) is 20.2 Å². The molecule has 0 atom stereocenters. The van der Waals surface area contributed by atoms with Gasteiger partial charge in [0, 0.05) is 0 Å². The van der Waals surface area contributed by atoms with Crippen LogP contribution in [0, 0.1) is 18.7 Å². The smallest absolute Gasteiger partial charge is 0.123 e. The largest absolute Gasteiger partial charge is 0.508 e. The van der Waals surface area contributed by atoms with Crippen LogP contribution in [-0.4, -0.2) is 5.11 Å². The molecule has 1 N–H and O–H groups in total. The molecule has 0 unspecified atom stereocenters. The van der Waals surface area contributed by atoms with Crippen LogP contribution in [0.3, 0.4) is 0 Å². The van der Waals surface area contributed by atoms with Crippen molar-refractivity contribution in [3.8, 4) is 18.6 Å². The summed E-state index contributed by atoms with van der Waals surface area (Å²) in [6.07, 6.45) is 8.00. The number of aromatic hydroxyl groups is 1. The minimum atomic E-state index is -0.331. The van der Waals surface area contributed by atoms with E-state index < -0.39 is 0 Å². The zero-order valence-electron chi connectivity index (χ0n) is 5.29. The molecule has 52 valence electrons. The van der Waals surface area contributed by atoms with Crippen molar-refractivity contribution in [1.82, 2.24) is 0 Å². The second-order valence-electron chi connectivity index (χ2n) is 1.48. The lowest BCUT2D eigenvalue weighted by Crippen LogP contribution is -1.67. The third kappa shape index (κ3) is 2.73. The van der Waals surface area contributed by atoms with Gasteiger partial charge >= 0.3 is 0 Å². The summed E-state index contributed by atoms with van der Waals surface area (Å²) in [5.41, 5.74) is 0. The first kappa shape index (κ1) is 8.51. The Morgan fingerprint density at radius 3 is 1.80 bits per heavy atom. The summed E-state index contributed by atoms with van der Waals surface area (Å²) in [4.78, 5) is 0. The normalized spacial score (nSPS) is 7.50. The van der Waals surface area contributed by atoms with Gasteiger partial charge in [0.15, 0.2) is 0 Å². The van der Waals surface area contributed by atoms with Crippen molar-refractivity contribution in [3.05, 3.63) is 30.1 Å². The number of phenolic OH excluding ortho intramolecular Hbond substituents is 1. The van der Waals surface area contributed by atoms with Crippen molar-refractivity contribution in [1.29, 1.82) is 0 Å². The van der Waals surface area contributed by atoms with Gasteiger partial charge in [-0.2, -0.15) is 0 Å². The summed E-state index contributed by atoms with van der Waals surface area (Å²) in [7, 11) is 0. The molecule has 0 aliphatic rings. The van der Waals surface area contributed by atoms with Gasteiger partial charge in [-0.3, -0.25) is 0 Å². The fourth-order valence-electron chi connectivity index (χ4n) is 0.441. The monoisotopic (exact) mass is 138 g/mol. The van der Waals surface area contributed by atoms with Gasteiger partial charge in [-0.15, -0.1) is 12.8 Å². The van der Waals surface area contributed by atoms with E-state index in [1.165, 1.54) is 24.3 Å². The average Bonchev–Trinajstić information content (AvgIpc) is 2.00. The molecule has 0 aromatic heterocycles. The number of rotatable bonds is 0. The molecule has 1 aromatic carbocycles. The number of benzene rings is 1. The van der Waals surface area contributed by atoms with Crippen molar-refractivity contribution in [2.24, 2.45) is 0 Å². The average molecular weight is 138 g/mol. The van der Waals surface area contributed by atoms with E-state index in [1.54, 1.807) is 0 Å². The number of halogens is 1. The predicted octanol–water partition coefficient (Wildman–Crippen LogP) is 1.78. The number of hydrogen-bond donors (Lipinski definition) is 1. The van der Waals surface area contributed by atoms with Gasteiger partial charge in [0.25, 0.3) is 0 Å². The molecule has 0 saturated heterocycles. The highest BCUT2D eigenvalue weighted by molar-refractivity contribution is 5.19. The Hall–Kier alpha value is -1.49. The van der Waals surface area contributed by atoms with Crippen LogP contribution in [0.25, 0.3) is 0 Å². The van der Waals surface area contributed by atoms with Gasteiger partial charge in [-0.1, -0.05) is 0 Å². The maximum atomic E-state index is 12.0. The van der Waals surface area contributed by atoms with Gasteiger partial charge in [-0.05, 0) is 24.3 Å². The van der Waals surface area contributed by atoms with Crippen LogP contribution in [0.5, 0.6) is 5.75 Å². The highest BCUT2D eigenvalue weighted by atomic mass is 19.1. The Morgan fingerprint density at radius 2 is 1.50 bits per heavy atom. The lowest BCUT2D eigenvalue weighted by atomic mass is 10.3. The first-order chi connectivity index (χ1) is 4.79. The minimum Gasteiger partial charge on any atom is -0.508 e. The van der Waals surface area contributed by atoms with Gasteiger partial charge in [-0.25, -0.2) is 4.39 Å². The molecule has 0 aliphatic heterocycles. The van der Waals surface area contributed by atoms with Crippen molar-refractivity contribution in [3.63, 3.8) is 0 Å².